The molecule has 0 saturated carbocycles. The van der Waals surface area contributed by atoms with Crippen LogP contribution in [0.4, 0.5) is 0 Å². The smallest absolute Gasteiger partial charge is 0.334 e. The van der Waals surface area contributed by atoms with E-state index in [1.165, 1.54) is 7.11 Å². The van der Waals surface area contributed by atoms with Crippen molar-refractivity contribution in [3.05, 3.63) is 35.5 Å². The Hall–Kier alpha value is -2.25. The van der Waals surface area contributed by atoms with Crippen molar-refractivity contribution in [2.45, 2.75) is 51.4 Å². The Morgan fingerprint density at radius 2 is 2.21 bits per heavy atom. The van der Waals surface area contributed by atoms with Gasteiger partial charge < -0.3 is 19.3 Å². The second-order valence-electron chi connectivity index (χ2n) is 7.13. The zero-order valence-electron chi connectivity index (χ0n) is 16.6. The van der Waals surface area contributed by atoms with Crippen LogP contribution < -0.4 is 0 Å². The number of hydrogen-bond acceptors (Lipinski definition) is 7. The van der Waals surface area contributed by atoms with Crippen molar-refractivity contribution in [2.24, 2.45) is 11.8 Å². The van der Waals surface area contributed by atoms with Crippen LogP contribution in [-0.2, 0) is 28.6 Å². The van der Waals surface area contributed by atoms with Crippen molar-refractivity contribution in [1.29, 1.82) is 0 Å². The van der Waals surface area contributed by atoms with Gasteiger partial charge in [0, 0.05) is 18.3 Å². The summed E-state index contributed by atoms with van der Waals surface area (Å²) in [6.07, 6.45) is 3.01. The van der Waals surface area contributed by atoms with E-state index in [1.54, 1.807) is 19.1 Å². The van der Waals surface area contributed by atoms with E-state index in [0.29, 0.717) is 36.7 Å². The number of methoxy groups -OCH3 is 1. The predicted octanol–water partition coefficient (Wildman–Crippen LogP) is 1.89. The number of rotatable bonds is 6. The zero-order chi connectivity index (χ0) is 20.8. The van der Waals surface area contributed by atoms with Gasteiger partial charge in [-0.1, -0.05) is 26.5 Å². The van der Waals surface area contributed by atoms with Gasteiger partial charge in [0.1, 0.15) is 24.6 Å². The Kier molecular flexibility index (Phi) is 7.71. The highest BCUT2D eigenvalue weighted by molar-refractivity contribution is 5.91. The summed E-state index contributed by atoms with van der Waals surface area (Å²) in [6, 6.07) is 0. The minimum absolute atomic E-state index is 0.147. The van der Waals surface area contributed by atoms with Crippen molar-refractivity contribution in [1.82, 2.24) is 0 Å². The van der Waals surface area contributed by atoms with Crippen LogP contribution in [0.15, 0.2) is 35.5 Å². The molecule has 2 aliphatic rings. The first-order valence-corrected chi connectivity index (χ1v) is 9.46. The largest absolute Gasteiger partial charge is 0.458 e. The summed E-state index contributed by atoms with van der Waals surface area (Å²) >= 11 is 0. The van der Waals surface area contributed by atoms with E-state index < -0.39 is 36.2 Å². The van der Waals surface area contributed by atoms with Gasteiger partial charge in [-0.15, -0.1) is 0 Å². The maximum Gasteiger partial charge on any atom is 0.334 e. The Morgan fingerprint density at radius 1 is 1.50 bits per heavy atom. The van der Waals surface area contributed by atoms with Gasteiger partial charge in [0.15, 0.2) is 0 Å². The van der Waals surface area contributed by atoms with Crippen molar-refractivity contribution in [3.8, 4) is 0 Å². The fourth-order valence-electron chi connectivity index (χ4n) is 3.43. The molecule has 0 radical (unpaired) electrons. The standard InChI is InChI=1S/C21H28O7/c1-5-12(2)20(24)28-19-17-13(3)21(25)27-16(17)9-14(10-22)7-6-8-15(11-23)18(19)26-4/h8-9,11-12,16-19,22H,3,5-7,10H2,1-2,4H3/b14-9+,15-8-/t12-,16+,17+,18-,19+/m0/s1. The third-order valence-electron chi connectivity index (χ3n) is 5.35. The molecule has 0 aromatic heterocycles. The molecule has 1 aliphatic carbocycles. The van der Waals surface area contributed by atoms with E-state index in [2.05, 4.69) is 6.58 Å². The first-order chi connectivity index (χ1) is 13.4. The van der Waals surface area contributed by atoms with Crippen LogP contribution in [0.1, 0.15) is 33.1 Å². The van der Waals surface area contributed by atoms with Crippen molar-refractivity contribution in [3.63, 3.8) is 0 Å². The van der Waals surface area contributed by atoms with Gasteiger partial charge >= 0.3 is 11.9 Å². The van der Waals surface area contributed by atoms with Gasteiger partial charge in [-0.05, 0) is 30.9 Å². The van der Waals surface area contributed by atoms with Crippen LogP contribution in [0.25, 0.3) is 0 Å². The summed E-state index contributed by atoms with van der Waals surface area (Å²) in [5.74, 6) is -2.13. The quantitative estimate of drug-likeness (QED) is 0.319. The normalized spacial score (nSPS) is 32.9. The lowest BCUT2D eigenvalue weighted by molar-refractivity contribution is -0.164. The lowest BCUT2D eigenvalue weighted by atomic mass is 9.83. The van der Waals surface area contributed by atoms with Gasteiger partial charge in [0.25, 0.3) is 0 Å². The second kappa shape index (κ2) is 9.80. The molecule has 0 bridgehead atoms. The van der Waals surface area contributed by atoms with E-state index in [1.807, 2.05) is 6.92 Å². The van der Waals surface area contributed by atoms with Crippen LogP contribution >= 0.6 is 0 Å². The molecule has 7 heteroatoms. The maximum atomic E-state index is 12.6. The number of esters is 2. The highest BCUT2D eigenvalue weighted by Gasteiger charge is 2.48. The number of allylic oxidation sites excluding steroid dienone is 1. The van der Waals surface area contributed by atoms with Gasteiger partial charge in [0.05, 0.1) is 18.4 Å². The highest BCUT2D eigenvalue weighted by Crippen LogP contribution is 2.37. The number of carbonyl (C=O) groups is 3. The molecular formula is C21H28O7. The highest BCUT2D eigenvalue weighted by atomic mass is 16.6. The van der Waals surface area contributed by atoms with E-state index in [9.17, 15) is 19.5 Å². The van der Waals surface area contributed by atoms with Crippen LogP contribution in [0, 0.1) is 11.8 Å². The Morgan fingerprint density at radius 3 is 2.79 bits per heavy atom. The first-order valence-electron chi connectivity index (χ1n) is 9.46. The molecular weight excluding hydrogens is 364 g/mol. The summed E-state index contributed by atoms with van der Waals surface area (Å²) in [6.45, 7) is 7.22. The second-order valence-corrected chi connectivity index (χ2v) is 7.13. The number of aliphatic hydroxyl groups is 1. The summed E-state index contributed by atoms with van der Waals surface area (Å²) in [4.78, 5) is 36.5. The number of aldehydes is 1. The number of aliphatic hydroxyl groups excluding tert-OH is 1. The summed E-state index contributed by atoms with van der Waals surface area (Å²) in [5, 5.41) is 9.63. The van der Waals surface area contributed by atoms with Gasteiger partial charge in [-0.2, -0.15) is 0 Å². The third-order valence-corrected chi connectivity index (χ3v) is 5.35. The minimum atomic E-state index is -0.971. The fourth-order valence-corrected chi connectivity index (χ4v) is 3.43. The molecule has 1 fully saturated rings. The van der Waals surface area contributed by atoms with Crippen molar-refractivity contribution >= 4 is 18.2 Å². The minimum Gasteiger partial charge on any atom is -0.458 e. The topological polar surface area (TPSA) is 99.1 Å². The van der Waals surface area contributed by atoms with Crippen LogP contribution in [0.5, 0.6) is 0 Å². The Labute approximate surface area is 165 Å². The van der Waals surface area contributed by atoms with E-state index in [4.69, 9.17) is 14.2 Å². The third kappa shape index (κ3) is 4.59. The summed E-state index contributed by atoms with van der Waals surface area (Å²) in [7, 11) is 1.42. The molecule has 5 atom stereocenters. The molecule has 1 saturated heterocycles. The molecule has 0 amide bonds. The molecule has 0 aromatic carbocycles. The average Bonchev–Trinajstić information content (AvgIpc) is 2.97. The molecule has 28 heavy (non-hydrogen) atoms. The molecule has 1 heterocycles. The van der Waals surface area contributed by atoms with E-state index in [0.717, 1.165) is 0 Å². The van der Waals surface area contributed by atoms with E-state index >= 15 is 0 Å². The molecule has 154 valence electrons. The molecule has 0 aromatic rings. The van der Waals surface area contributed by atoms with Gasteiger partial charge in [0.2, 0.25) is 0 Å². The number of ether oxygens (including phenoxy) is 3. The van der Waals surface area contributed by atoms with Gasteiger partial charge in [-0.25, -0.2) is 4.79 Å². The molecule has 2 rings (SSSR count). The van der Waals surface area contributed by atoms with Crippen molar-refractivity contribution < 1.29 is 33.7 Å². The van der Waals surface area contributed by atoms with Crippen LogP contribution in [0.2, 0.25) is 0 Å². The maximum absolute atomic E-state index is 12.6. The molecule has 7 nitrogen and oxygen atoms in total. The van der Waals surface area contributed by atoms with Gasteiger partial charge in [-0.3, -0.25) is 9.59 Å². The molecule has 0 spiro atoms. The molecule has 1 N–H and O–H groups in total. The number of hydrogen-bond donors (Lipinski definition) is 1. The fraction of sp³-hybridized carbons (Fsp3) is 0.571. The van der Waals surface area contributed by atoms with Crippen LogP contribution in [-0.4, -0.2) is 55.4 Å². The average molecular weight is 392 g/mol. The Balaban J connectivity index is 2.56. The number of carbonyl (C=O) groups excluding carboxylic acids is 3. The van der Waals surface area contributed by atoms with Crippen LogP contribution in [0.3, 0.4) is 0 Å². The molecule has 0 unspecified atom stereocenters. The lowest BCUT2D eigenvalue weighted by Gasteiger charge is -2.33. The van der Waals surface area contributed by atoms with Crippen molar-refractivity contribution in [2.75, 3.05) is 13.7 Å². The lowest BCUT2D eigenvalue weighted by Crippen LogP contribution is -2.44. The summed E-state index contributed by atoms with van der Waals surface area (Å²) in [5.41, 5.74) is 1.13. The predicted molar refractivity (Wildman–Crippen MR) is 101 cm³/mol. The monoisotopic (exact) mass is 392 g/mol. The first kappa shape index (κ1) is 22.0. The Bertz CT molecular complexity index is 691. The molecule has 1 aliphatic heterocycles. The number of fused-ring (bicyclic) bond motifs is 1. The summed E-state index contributed by atoms with van der Waals surface area (Å²) < 4.78 is 16.7. The SMILES string of the molecule is C=C1C(=O)O[C@@H]2/C=C(/CO)CC/C=C(/C=O)[C@H](OC)[C@H](OC(=O)[C@@H](C)CC)[C@H]12. The zero-order valence-corrected chi connectivity index (χ0v) is 16.6. The van der Waals surface area contributed by atoms with E-state index in [-0.39, 0.29) is 18.1 Å².